The third-order valence-electron chi connectivity index (χ3n) is 2.30. The van der Waals surface area contributed by atoms with Gasteiger partial charge in [0.25, 0.3) is 0 Å². The van der Waals surface area contributed by atoms with Crippen LogP contribution in [-0.4, -0.2) is 55.6 Å². The maximum atomic E-state index is 12.2. The molecule has 0 radical (unpaired) electrons. The molecule has 1 unspecified atom stereocenters. The zero-order valence-electron chi connectivity index (χ0n) is 8.60. The third-order valence-corrected chi connectivity index (χ3v) is 2.30. The quantitative estimate of drug-likeness (QED) is 0.623. The van der Waals surface area contributed by atoms with Crippen LogP contribution in [-0.2, 0) is 9.59 Å². The summed E-state index contributed by atoms with van der Waals surface area (Å²) in [4.78, 5) is 22.9. The lowest BCUT2D eigenvalue weighted by Crippen LogP contribution is -2.61. The third kappa shape index (κ3) is 2.63. The van der Waals surface area contributed by atoms with Gasteiger partial charge < -0.3 is 15.5 Å². The van der Waals surface area contributed by atoms with E-state index in [-0.39, 0.29) is 19.6 Å². The lowest BCUT2D eigenvalue weighted by molar-refractivity contribution is -0.189. The molecule has 1 heterocycles. The Morgan fingerprint density at radius 2 is 2.06 bits per heavy atom. The van der Waals surface area contributed by atoms with Crippen LogP contribution in [0.5, 0.6) is 0 Å². The number of carbonyl (C=O) groups excluding carboxylic acids is 2. The van der Waals surface area contributed by atoms with Gasteiger partial charge in [-0.25, -0.2) is 0 Å². The molecule has 1 atom stereocenters. The number of carbonyl (C=O) groups is 2. The van der Waals surface area contributed by atoms with E-state index in [1.165, 1.54) is 7.05 Å². The van der Waals surface area contributed by atoms with Crippen molar-refractivity contribution < 1.29 is 22.8 Å². The first-order valence-electron chi connectivity index (χ1n) is 4.68. The van der Waals surface area contributed by atoms with Gasteiger partial charge in [-0.2, -0.15) is 13.2 Å². The second-order valence-electron chi connectivity index (χ2n) is 3.33. The summed E-state index contributed by atoms with van der Waals surface area (Å²) in [5.41, 5.74) is 0. The summed E-state index contributed by atoms with van der Waals surface area (Å²) in [5.74, 6) is -2.58. The fraction of sp³-hybridized carbons (Fsp3) is 0.750. The molecule has 0 spiro atoms. The van der Waals surface area contributed by atoms with Crippen molar-refractivity contribution in [2.24, 2.45) is 0 Å². The van der Waals surface area contributed by atoms with E-state index in [0.29, 0.717) is 4.90 Å². The molecular weight excluding hydrogens is 227 g/mol. The van der Waals surface area contributed by atoms with Crippen molar-refractivity contribution in [1.82, 2.24) is 15.5 Å². The normalized spacial score (nSPS) is 21.8. The van der Waals surface area contributed by atoms with Crippen molar-refractivity contribution >= 4 is 11.8 Å². The highest BCUT2D eigenvalue weighted by Gasteiger charge is 2.46. The summed E-state index contributed by atoms with van der Waals surface area (Å²) in [5, 5.41) is 5.00. The molecular formula is C8H12F3N3O2. The molecule has 1 rings (SSSR count). The highest BCUT2D eigenvalue weighted by molar-refractivity contribution is 5.90. The van der Waals surface area contributed by atoms with Crippen LogP contribution in [0.25, 0.3) is 0 Å². The van der Waals surface area contributed by atoms with Crippen molar-refractivity contribution in [3.05, 3.63) is 0 Å². The molecule has 2 amide bonds. The van der Waals surface area contributed by atoms with Crippen LogP contribution in [0.4, 0.5) is 13.2 Å². The van der Waals surface area contributed by atoms with Gasteiger partial charge in [-0.3, -0.25) is 9.59 Å². The first kappa shape index (κ1) is 12.8. The van der Waals surface area contributed by atoms with Crippen LogP contribution in [0.15, 0.2) is 0 Å². The maximum absolute atomic E-state index is 12.2. The van der Waals surface area contributed by atoms with E-state index in [1.54, 1.807) is 0 Å². The average Bonchev–Trinajstić information content (AvgIpc) is 2.25. The molecule has 0 aromatic carbocycles. The minimum Gasteiger partial charge on any atom is -0.357 e. The number of halogens is 3. The van der Waals surface area contributed by atoms with Crippen molar-refractivity contribution in [2.45, 2.75) is 12.2 Å². The van der Waals surface area contributed by atoms with Gasteiger partial charge >= 0.3 is 12.1 Å². The predicted molar refractivity (Wildman–Crippen MR) is 48.5 cm³/mol. The van der Waals surface area contributed by atoms with Crippen LogP contribution < -0.4 is 10.6 Å². The Balaban J connectivity index is 2.82. The zero-order valence-corrected chi connectivity index (χ0v) is 8.60. The molecule has 5 nitrogen and oxygen atoms in total. The second kappa shape index (κ2) is 4.69. The fourth-order valence-corrected chi connectivity index (χ4v) is 1.51. The van der Waals surface area contributed by atoms with Gasteiger partial charge in [0.1, 0.15) is 6.04 Å². The molecule has 0 aromatic rings. The van der Waals surface area contributed by atoms with Crippen LogP contribution in [0.3, 0.4) is 0 Å². The summed E-state index contributed by atoms with van der Waals surface area (Å²) in [7, 11) is 1.31. The molecule has 8 heteroatoms. The number of nitrogens with zero attached hydrogens (tertiary/aromatic N) is 1. The number of piperazine rings is 1. The van der Waals surface area contributed by atoms with Crippen LogP contribution in [0.1, 0.15) is 0 Å². The van der Waals surface area contributed by atoms with Crippen molar-refractivity contribution in [2.75, 3.05) is 26.7 Å². The SMILES string of the molecule is CNC(=O)C1CNCCN1C(=O)C(F)(F)F. The van der Waals surface area contributed by atoms with Crippen LogP contribution in [0, 0.1) is 0 Å². The Morgan fingerprint density at radius 3 is 2.56 bits per heavy atom. The van der Waals surface area contributed by atoms with E-state index < -0.39 is 24.0 Å². The number of likely N-dealkylation sites (N-methyl/N-ethyl adjacent to an activating group) is 1. The zero-order chi connectivity index (χ0) is 12.3. The van der Waals surface area contributed by atoms with Gasteiger partial charge in [-0.1, -0.05) is 0 Å². The minimum atomic E-state index is -4.94. The fourth-order valence-electron chi connectivity index (χ4n) is 1.51. The summed E-state index contributed by atoms with van der Waals surface area (Å²) >= 11 is 0. The molecule has 0 aliphatic carbocycles. The first-order valence-corrected chi connectivity index (χ1v) is 4.68. The summed E-state index contributed by atoms with van der Waals surface area (Å²) in [6.07, 6.45) is -4.94. The van der Waals surface area contributed by atoms with Crippen LogP contribution >= 0.6 is 0 Å². The standard InChI is InChI=1S/C8H12F3N3O2/c1-12-6(15)5-4-13-2-3-14(5)7(16)8(9,10)11/h5,13H,2-4H2,1H3,(H,12,15). The molecule has 1 aliphatic heterocycles. The Hall–Kier alpha value is -1.31. The smallest absolute Gasteiger partial charge is 0.357 e. The van der Waals surface area contributed by atoms with Crippen molar-refractivity contribution in [3.63, 3.8) is 0 Å². The molecule has 92 valence electrons. The molecule has 0 bridgehead atoms. The van der Waals surface area contributed by atoms with Gasteiger partial charge in [0, 0.05) is 26.7 Å². The molecule has 0 aromatic heterocycles. The van der Waals surface area contributed by atoms with Crippen molar-refractivity contribution in [1.29, 1.82) is 0 Å². The highest BCUT2D eigenvalue weighted by Crippen LogP contribution is 2.20. The number of amides is 2. The second-order valence-corrected chi connectivity index (χ2v) is 3.33. The molecule has 1 aliphatic rings. The predicted octanol–water partition coefficient (Wildman–Crippen LogP) is -0.905. The molecule has 1 fully saturated rings. The van der Waals surface area contributed by atoms with Crippen molar-refractivity contribution in [3.8, 4) is 0 Å². The van der Waals surface area contributed by atoms with Gasteiger partial charge in [0.15, 0.2) is 0 Å². The first-order chi connectivity index (χ1) is 7.38. The van der Waals surface area contributed by atoms with E-state index in [1.807, 2.05) is 0 Å². The topological polar surface area (TPSA) is 61.4 Å². The highest BCUT2D eigenvalue weighted by atomic mass is 19.4. The molecule has 0 saturated carbocycles. The van der Waals surface area contributed by atoms with Gasteiger partial charge in [0.05, 0.1) is 0 Å². The number of hydrogen-bond donors (Lipinski definition) is 2. The maximum Gasteiger partial charge on any atom is 0.471 e. The van der Waals surface area contributed by atoms with Gasteiger partial charge in [-0.15, -0.1) is 0 Å². The van der Waals surface area contributed by atoms with E-state index >= 15 is 0 Å². The Labute approximate surface area is 90.0 Å². The molecule has 1 saturated heterocycles. The number of rotatable bonds is 1. The number of nitrogens with one attached hydrogen (secondary N) is 2. The largest absolute Gasteiger partial charge is 0.471 e. The Morgan fingerprint density at radius 1 is 1.44 bits per heavy atom. The van der Waals surface area contributed by atoms with Crippen LogP contribution in [0.2, 0.25) is 0 Å². The minimum absolute atomic E-state index is 0.0293. The molecule has 2 N–H and O–H groups in total. The van der Waals surface area contributed by atoms with E-state index in [0.717, 1.165) is 0 Å². The Kier molecular flexibility index (Phi) is 3.74. The average molecular weight is 239 g/mol. The summed E-state index contributed by atoms with van der Waals surface area (Å²) < 4.78 is 36.7. The lowest BCUT2D eigenvalue weighted by atomic mass is 10.1. The monoisotopic (exact) mass is 239 g/mol. The van der Waals surface area contributed by atoms with E-state index in [2.05, 4.69) is 10.6 Å². The lowest BCUT2D eigenvalue weighted by Gasteiger charge is -2.35. The van der Waals surface area contributed by atoms with Gasteiger partial charge in [0.2, 0.25) is 5.91 Å². The van der Waals surface area contributed by atoms with E-state index in [9.17, 15) is 22.8 Å². The summed E-state index contributed by atoms with van der Waals surface area (Å²) in [6.45, 7) is 0.146. The summed E-state index contributed by atoms with van der Waals surface area (Å²) in [6, 6.07) is -1.10. The number of alkyl halides is 3. The Bertz CT molecular complexity index is 293. The molecule has 16 heavy (non-hydrogen) atoms. The van der Waals surface area contributed by atoms with Gasteiger partial charge in [-0.05, 0) is 0 Å². The van der Waals surface area contributed by atoms with E-state index in [4.69, 9.17) is 0 Å². The number of hydrogen-bond acceptors (Lipinski definition) is 3.